The molecule has 88 valence electrons. The molecule has 3 heteroatoms. The van der Waals surface area contributed by atoms with Crippen LogP contribution >= 0.6 is 0 Å². The third-order valence-corrected chi connectivity index (χ3v) is 2.36. The van der Waals surface area contributed by atoms with E-state index in [9.17, 15) is 4.79 Å². The molecule has 0 unspecified atom stereocenters. The molecule has 0 fully saturated rings. The lowest BCUT2D eigenvalue weighted by Gasteiger charge is -2.13. The van der Waals surface area contributed by atoms with Crippen molar-refractivity contribution in [2.24, 2.45) is 0 Å². The van der Waals surface area contributed by atoms with Crippen LogP contribution in [-0.4, -0.2) is 23.8 Å². The lowest BCUT2D eigenvalue weighted by Crippen LogP contribution is -2.26. The Bertz CT molecular complexity index is 308. The van der Waals surface area contributed by atoms with Crippen LogP contribution in [0.25, 0.3) is 0 Å². The summed E-state index contributed by atoms with van der Waals surface area (Å²) in [5.74, 6) is -0.889. The van der Waals surface area contributed by atoms with Gasteiger partial charge in [0.2, 0.25) is 0 Å². The van der Waals surface area contributed by atoms with E-state index in [0.29, 0.717) is 13.0 Å². The molecular weight excluding hydrogens is 204 g/mol. The molecule has 16 heavy (non-hydrogen) atoms. The molecule has 0 aromatic heterocycles. The minimum absolute atomic E-state index is 0.430. The average Bonchev–Trinajstić information content (AvgIpc) is 2.29. The van der Waals surface area contributed by atoms with Gasteiger partial charge < -0.3 is 9.84 Å². The molecule has 1 atom stereocenters. The van der Waals surface area contributed by atoms with Gasteiger partial charge in [-0.05, 0) is 12.0 Å². The highest BCUT2D eigenvalue weighted by Crippen LogP contribution is 2.07. The molecule has 0 aliphatic rings. The molecule has 0 heterocycles. The van der Waals surface area contributed by atoms with Crippen LogP contribution in [0, 0.1) is 0 Å². The van der Waals surface area contributed by atoms with Crippen molar-refractivity contribution in [2.75, 3.05) is 6.61 Å². The fraction of sp³-hybridized carbons (Fsp3) is 0.462. The summed E-state index contributed by atoms with van der Waals surface area (Å²) in [5.41, 5.74) is 0.992. The molecule has 1 aromatic carbocycles. The molecule has 1 N–H and O–H groups in total. The number of hydrogen-bond acceptors (Lipinski definition) is 2. The topological polar surface area (TPSA) is 46.5 Å². The van der Waals surface area contributed by atoms with Crippen molar-refractivity contribution in [3.63, 3.8) is 0 Å². The van der Waals surface area contributed by atoms with Crippen LogP contribution in [0.2, 0.25) is 0 Å². The van der Waals surface area contributed by atoms with Gasteiger partial charge in [-0.1, -0.05) is 43.7 Å². The Balaban J connectivity index is 2.48. The van der Waals surface area contributed by atoms with Crippen LogP contribution in [0.5, 0.6) is 0 Å². The Morgan fingerprint density at radius 2 is 2.06 bits per heavy atom. The van der Waals surface area contributed by atoms with E-state index < -0.39 is 12.1 Å². The summed E-state index contributed by atoms with van der Waals surface area (Å²) in [4.78, 5) is 11.0. The van der Waals surface area contributed by atoms with Gasteiger partial charge in [0.15, 0.2) is 6.10 Å². The Morgan fingerprint density at radius 1 is 1.38 bits per heavy atom. The molecule has 0 aliphatic carbocycles. The van der Waals surface area contributed by atoms with Gasteiger partial charge in [-0.15, -0.1) is 0 Å². The zero-order valence-corrected chi connectivity index (χ0v) is 9.56. The molecule has 0 bridgehead atoms. The molecule has 1 rings (SSSR count). The lowest BCUT2D eigenvalue weighted by atomic mass is 10.1. The Labute approximate surface area is 96.1 Å². The standard InChI is InChI=1S/C13H18O3/c1-2-3-9-16-12(13(14)15)10-11-7-5-4-6-8-11/h4-8,12H,2-3,9-10H2,1H3,(H,14,15)/t12-/m1/s1. The number of carbonyl (C=O) groups is 1. The molecule has 3 nitrogen and oxygen atoms in total. The first-order chi connectivity index (χ1) is 7.74. The van der Waals surface area contributed by atoms with Gasteiger partial charge in [0.1, 0.15) is 0 Å². The van der Waals surface area contributed by atoms with E-state index in [1.807, 2.05) is 30.3 Å². The quantitative estimate of drug-likeness (QED) is 0.721. The smallest absolute Gasteiger partial charge is 0.333 e. The maximum atomic E-state index is 11.0. The van der Waals surface area contributed by atoms with Gasteiger partial charge >= 0.3 is 5.97 Å². The van der Waals surface area contributed by atoms with Crippen molar-refractivity contribution in [2.45, 2.75) is 32.3 Å². The van der Waals surface area contributed by atoms with E-state index in [1.165, 1.54) is 0 Å². The maximum absolute atomic E-state index is 11.0. The first kappa shape index (κ1) is 12.7. The van der Waals surface area contributed by atoms with E-state index >= 15 is 0 Å². The Morgan fingerprint density at radius 3 is 2.62 bits per heavy atom. The minimum atomic E-state index is -0.889. The third-order valence-electron chi connectivity index (χ3n) is 2.36. The van der Waals surface area contributed by atoms with E-state index in [4.69, 9.17) is 9.84 Å². The van der Waals surface area contributed by atoms with Crippen molar-refractivity contribution < 1.29 is 14.6 Å². The largest absolute Gasteiger partial charge is 0.479 e. The van der Waals surface area contributed by atoms with Crippen molar-refractivity contribution in [3.05, 3.63) is 35.9 Å². The van der Waals surface area contributed by atoms with Crippen molar-refractivity contribution >= 4 is 5.97 Å². The molecular formula is C13H18O3. The monoisotopic (exact) mass is 222 g/mol. The normalized spacial score (nSPS) is 12.3. The number of unbranched alkanes of at least 4 members (excludes halogenated alkanes) is 1. The van der Waals surface area contributed by atoms with Crippen molar-refractivity contribution in [1.29, 1.82) is 0 Å². The van der Waals surface area contributed by atoms with Crippen LogP contribution < -0.4 is 0 Å². The summed E-state index contributed by atoms with van der Waals surface area (Å²) in [7, 11) is 0. The van der Waals surface area contributed by atoms with Crippen LogP contribution in [0.4, 0.5) is 0 Å². The Kier molecular flexibility index (Phi) is 5.57. The highest BCUT2D eigenvalue weighted by atomic mass is 16.5. The molecule has 0 aliphatic heterocycles. The number of ether oxygens (including phenoxy) is 1. The zero-order chi connectivity index (χ0) is 11.8. The number of benzene rings is 1. The van der Waals surface area contributed by atoms with E-state index in [-0.39, 0.29) is 0 Å². The van der Waals surface area contributed by atoms with Gasteiger partial charge in [-0.2, -0.15) is 0 Å². The number of rotatable bonds is 7. The minimum Gasteiger partial charge on any atom is -0.479 e. The van der Waals surface area contributed by atoms with Crippen molar-refractivity contribution in [1.82, 2.24) is 0 Å². The number of carboxylic acid groups (broad SMARTS) is 1. The van der Waals surface area contributed by atoms with Gasteiger partial charge in [-0.25, -0.2) is 4.79 Å². The second kappa shape index (κ2) is 7.01. The van der Waals surface area contributed by atoms with Crippen LogP contribution in [0.3, 0.4) is 0 Å². The van der Waals surface area contributed by atoms with E-state index in [2.05, 4.69) is 6.92 Å². The first-order valence-electron chi connectivity index (χ1n) is 5.62. The number of hydrogen-bond donors (Lipinski definition) is 1. The predicted octanol–water partition coefficient (Wildman–Crippen LogP) is 2.50. The summed E-state index contributed by atoms with van der Waals surface area (Å²) in [6.45, 7) is 2.57. The summed E-state index contributed by atoms with van der Waals surface area (Å²) < 4.78 is 5.35. The second-order valence-electron chi connectivity index (χ2n) is 3.74. The molecule has 1 aromatic rings. The SMILES string of the molecule is CCCCO[C@H](Cc1ccccc1)C(=O)O. The van der Waals surface area contributed by atoms with Crippen LogP contribution in [-0.2, 0) is 16.0 Å². The van der Waals surface area contributed by atoms with Crippen molar-refractivity contribution in [3.8, 4) is 0 Å². The number of carboxylic acids is 1. The van der Waals surface area contributed by atoms with E-state index in [1.54, 1.807) is 0 Å². The van der Waals surface area contributed by atoms with Gasteiger partial charge in [0.05, 0.1) is 0 Å². The van der Waals surface area contributed by atoms with Gasteiger partial charge in [0, 0.05) is 13.0 Å². The summed E-state index contributed by atoms with van der Waals surface area (Å²) in [6.07, 6.45) is 1.62. The predicted molar refractivity (Wildman–Crippen MR) is 62.4 cm³/mol. The fourth-order valence-electron chi connectivity index (χ4n) is 1.42. The third kappa shape index (κ3) is 4.45. The van der Waals surface area contributed by atoms with Crippen LogP contribution in [0.15, 0.2) is 30.3 Å². The van der Waals surface area contributed by atoms with Crippen LogP contribution in [0.1, 0.15) is 25.3 Å². The molecule has 0 amide bonds. The Hall–Kier alpha value is -1.35. The second-order valence-corrected chi connectivity index (χ2v) is 3.74. The molecule has 0 saturated carbocycles. The number of aliphatic carboxylic acids is 1. The summed E-state index contributed by atoms with van der Waals surface area (Å²) in [6, 6.07) is 9.55. The summed E-state index contributed by atoms with van der Waals surface area (Å²) in [5, 5.41) is 9.01. The zero-order valence-electron chi connectivity index (χ0n) is 9.56. The van der Waals surface area contributed by atoms with Gasteiger partial charge in [-0.3, -0.25) is 0 Å². The summed E-state index contributed by atoms with van der Waals surface area (Å²) >= 11 is 0. The highest BCUT2D eigenvalue weighted by molar-refractivity contribution is 5.72. The highest BCUT2D eigenvalue weighted by Gasteiger charge is 2.17. The van der Waals surface area contributed by atoms with Gasteiger partial charge in [0.25, 0.3) is 0 Å². The molecule has 0 spiro atoms. The molecule has 0 saturated heterocycles. The average molecular weight is 222 g/mol. The first-order valence-corrected chi connectivity index (χ1v) is 5.62. The molecule has 0 radical (unpaired) electrons. The maximum Gasteiger partial charge on any atom is 0.333 e. The fourth-order valence-corrected chi connectivity index (χ4v) is 1.42. The van der Waals surface area contributed by atoms with E-state index in [0.717, 1.165) is 18.4 Å². The lowest BCUT2D eigenvalue weighted by molar-refractivity contribution is -0.150.